The van der Waals surface area contributed by atoms with Crippen LogP contribution in [0, 0.1) is 76.6 Å². The molecule has 8 bridgehead atoms. The van der Waals surface area contributed by atoms with E-state index in [-0.39, 0.29) is 71.4 Å². The van der Waals surface area contributed by atoms with Gasteiger partial charge in [-0.05, 0) is 339 Å². The van der Waals surface area contributed by atoms with Crippen LogP contribution in [0.15, 0.2) is 102 Å². The number of hydrogen-bond acceptors (Lipinski definition) is 24. The molecule has 728 valence electrons. The van der Waals surface area contributed by atoms with Gasteiger partial charge in [-0.25, -0.2) is 28.3 Å². The van der Waals surface area contributed by atoms with Crippen molar-refractivity contribution in [2.45, 2.75) is 234 Å². The van der Waals surface area contributed by atoms with E-state index in [9.17, 15) is 67.5 Å². The highest BCUT2D eigenvalue weighted by atomic mass is 79.9. The molecule has 8 fully saturated rings. The van der Waals surface area contributed by atoms with Crippen LogP contribution in [0.1, 0.15) is 190 Å². The normalized spacial score (nSPS) is 22.6. The molecule has 12 atom stereocenters. The number of halogens is 13. The predicted octanol–water partition coefficient (Wildman–Crippen LogP) is 20.8. The average Bonchev–Trinajstić information content (AvgIpc) is 1.63. The molecule has 30 nitrogen and oxygen atoms in total. The summed E-state index contributed by atoms with van der Waals surface area (Å²) < 4.78 is 204. The van der Waals surface area contributed by atoms with E-state index in [1.165, 1.54) is 97.8 Å². The van der Waals surface area contributed by atoms with Crippen molar-refractivity contribution in [3.05, 3.63) is 119 Å². The minimum atomic E-state index is -4.75. The summed E-state index contributed by atoms with van der Waals surface area (Å²) in [5.41, 5.74) is 5.16. The summed E-state index contributed by atoms with van der Waals surface area (Å²) >= 11 is 3.14. The topological polar surface area (TPSA) is 321 Å². The van der Waals surface area contributed by atoms with Crippen molar-refractivity contribution in [1.82, 2.24) is 79.1 Å². The van der Waals surface area contributed by atoms with E-state index in [4.69, 9.17) is 34.2 Å². The Labute approximate surface area is 771 Å². The number of nitrogens with zero attached hydrogens (tertiary/aromatic N) is 16. The molecular weight excluding hydrogens is 1830 g/mol. The van der Waals surface area contributed by atoms with E-state index in [0.717, 1.165) is 109 Å². The van der Waals surface area contributed by atoms with Gasteiger partial charge in [0.2, 0.25) is 4.73 Å². The van der Waals surface area contributed by atoms with Crippen molar-refractivity contribution in [1.29, 1.82) is 5.26 Å². The summed E-state index contributed by atoms with van der Waals surface area (Å²) in [5.74, 6) is 7.56. The van der Waals surface area contributed by atoms with Gasteiger partial charge in [0.15, 0.2) is 23.7 Å². The SMILES string of the molecule is CC(C)(C)OC(=O)N1C[C@H]2CC[C@@H](C1)C2N.CC(C)n1nc(Br)nc1Oc1ccc(OC(F)(F)F)cc1.CC(C)n1nc(CC2[C@@H]3CC[C@H]2CN(C#N)C3)nc1Oc1ccc(OC(F)(F)F)cc1.CC(C)n1nc(CC2[C@@H]3CC[C@H]2CN(C(=O)OC(C)(C)C)C3)nc1Oc1ccc(OC(F)(F)F)cc1.CC(C)n1nc(CC2[C@@H]3CC[C@H]2CNC3)nc1Oc1ccc(OC(F)(F)F)cc1. The number of aromatic nitrogens is 12. The molecule has 8 aliphatic rings. The molecule has 8 heterocycles. The minimum absolute atomic E-state index is 0.00115. The quantitative estimate of drug-likeness (QED) is 0.0470. The summed E-state index contributed by atoms with van der Waals surface area (Å²) in [7, 11) is 0. The molecule has 4 aliphatic carbocycles. The number of hydrogen-bond donors (Lipinski definition) is 2. The monoisotopic (exact) mass is 1950 g/mol. The molecule has 0 radical (unpaired) electrons. The molecule has 4 unspecified atom stereocenters. The first-order valence-corrected chi connectivity index (χ1v) is 45.4. The largest absolute Gasteiger partial charge is 0.573 e. The Bertz CT molecular complexity index is 5110. The van der Waals surface area contributed by atoms with Crippen molar-refractivity contribution >= 4 is 28.1 Å². The number of nitriles is 1. The summed E-state index contributed by atoms with van der Waals surface area (Å²) in [6, 6.07) is 22.2. The summed E-state index contributed by atoms with van der Waals surface area (Å²) in [6.07, 6.45) is -5.72. The van der Waals surface area contributed by atoms with Gasteiger partial charge in [0, 0.05) is 64.6 Å². The molecule has 43 heteroatoms. The molecule has 4 aromatic carbocycles. The van der Waals surface area contributed by atoms with Gasteiger partial charge in [0.05, 0.1) is 24.2 Å². The second-order valence-electron chi connectivity index (χ2n) is 37.7. The van der Waals surface area contributed by atoms with Crippen LogP contribution >= 0.6 is 15.9 Å². The number of carbonyl (C=O) groups excluding carboxylic acids is 2. The van der Waals surface area contributed by atoms with Crippen LogP contribution in [-0.2, 0) is 28.7 Å². The van der Waals surface area contributed by atoms with Gasteiger partial charge in [-0.2, -0.15) is 40.5 Å². The van der Waals surface area contributed by atoms with Gasteiger partial charge in [-0.3, -0.25) is 0 Å². The lowest BCUT2D eigenvalue weighted by atomic mass is 9.82. The first-order chi connectivity index (χ1) is 62.4. The third-order valence-electron chi connectivity index (χ3n) is 24.1. The molecule has 4 aliphatic heterocycles. The Kier molecular flexibility index (Phi) is 32.3. The summed E-state index contributed by atoms with van der Waals surface area (Å²) in [5, 5.41) is 30.8. The molecule has 16 rings (SSSR count). The highest BCUT2D eigenvalue weighted by molar-refractivity contribution is 9.10. The average molecular weight is 1950 g/mol. The molecule has 2 amide bonds. The number of benzene rings is 4. The number of amides is 2. The van der Waals surface area contributed by atoms with E-state index >= 15 is 0 Å². The number of fused-ring (bicyclic) bond motifs is 8. The van der Waals surface area contributed by atoms with E-state index in [2.05, 4.69) is 86.7 Å². The fourth-order valence-corrected chi connectivity index (χ4v) is 18.6. The van der Waals surface area contributed by atoms with Crippen molar-refractivity contribution in [2.75, 3.05) is 52.4 Å². The first kappa shape index (κ1) is 101. The molecule has 8 aromatic rings. The van der Waals surface area contributed by atoms with E-state index in [1.807, 2.05) is 112 Å². The zero-order valence-corrected chi connectivity index (χ0v) is 78.0. The van der Waals surface area contributed by atoms with Gasteiger partial charge < -0.3 is 73.1 Å². The third kappa shape index (κ3) is 29.1. The number of carbonyl (C=O) groups is 2. The number of piperidine rings is 4. The molecular formula is C90H115BrF12N18O12. The number of ether oxygens (including phenoxy) is 10. The number of alkyl halides is 12. The number of nitrogens with two attached hydrogens (primary N) is 1. The van der Waals surface area contributed by atoms with E-state index < -0.39 is 36.7 Å². The highest BCUT2D eigenvalue weighted by Crippen LogP contribution is 2.48. The van der Waals surface area contributed by atoms with Gasteiger partial charge in [-0.1, -0.05) is 0 Å². The maximum atomic E-state index is 12.6. The maximum absolute atomic E-state index is 12.6. The van der Waals surface area contributed by atoms with E-state index in [1.54, 1.807) is 18.7 Å². The summed E-state index contributed by atoms with van der Waals surface area (Å²) in [4.78, 5) is 47.8. The predicted molar refractivity (Wildman–Crippen MR) is 462 cm³/mol. The highest BCUT2D eigenvalue weighted by Gasteiger charge is 2.48. The van der Waals surface area contributed by atoms with Crippen LogP contribution in [0.2, 0.25) is 0 Å². The Morgan fingerprint density at radius 3 is 0.902 bits per heavy atom. The second-order valence-corrected chi connectivity index (χ2v) is 38.4. The van der Waals surface area contributed by atoms with Crippen molar-refractivity contribution in [3.8, 4) is 76.2 Å². The number of nitrogens with one attached hydrogen (secondary N) is 1. The number of rotatable bonds is 22. The van der Waals surface area contributed by atoms with Crippen LogP contribution in [-0.4, -0.2) is 181 Å². The minimum Gasteiger partial charge on any atom is -0.444 e. The van der Waals surface area contributed by atoms with E-state index in [0.29, 0.717) is 142 Å². The molecule has 3 N–H and O–H groups in total. The zero-order valence-electron chi connectivity index (χ0n) is 76.5. The number of likely N-dealkylation sites (tertiary alicyclic amines) is 3. The fourth-order valence-electron chi connectivity index (χ4n) is 18.3. The lowest BCUT2D eigenvalue weighted by Crippen LogP contribution is -2.51. The molecule has 0 spiro atoms. The molecule has 4 saturated heterocycles. The fraction of sp³-hybridized carbons (Fsp3) is 0.611. The van der Waals surface area contributed by atoms with Crippen molar-refractivity contribution in [3.63, 3.8) is 0 Å². The van der Waals surface area contributed by atoms with Gasteiger partial charge in [0.25, 0.3) is 0 Å². The molecule has 4 saturated carbocycles. The summed E-state index contributed by atoms with van der Waals surface area (Å²) in [6.45, 7) is 33.5. The Morgan fingerprint density at radius 2 is 0.632 bits per heavy atom. The first-order valence-electron chi connectivity index (χ1n) is 44.6. The van der Waals surface area contributed by atoms with Crippen molar-refractivity contribution in [2.24, 2.45) is 70.8 Å². The maximum Gasteiger partial charge on any atom is 0.573 e. The van der Waals surface area contributed by atoms with Gasteiger partial charge in [0.1, 0.15) is 57.2 Å². The van der Waals surface area contributed by atoms with Crippen LogP contribution in [0.25, 0.3) is 0 Å². The van der Waals surface area contributed by atoms with Crippen LogP contribution < -0.4 is 48.9 Å². The van der Waals surface area contributed by atoms with Gasteiger partial charge >= 0.3 is 61.7 Å². The zero-order chi connectivity index (χ0) is 96.6. The van der Waals surface area contributed by atoms with Gasteiger partial charge in [-0.15, -0.1) is 57.8 Å². The van der Waals surface area contributed by atoms with Crippen LogP contribution in [0.3, 0.4) is 0 Å². The third-order valence-corrected chi connectivity index (χ3v) is 24.5. The Balaban J connectivity index is 0.000000153. The lowest BCUT2D eigenvalue weighted by molar-refractivity contribution is -0.275. The van der Waals surface area contributed by atoms with Crippen LogP contribution in [0.4, 0.5) is 62.3 Å². The Morgan fingerprint density at radius 1 is 0.391 bits per heavy atom. The molecule has 133 heavy (non-hydrogen) atoms. The van der Waals surface area contributed by atoms with Crippen molar-refractivity contribution < 1.29 is 110 Å². The standard InChI is InChI=1S/C25H33F3N4O4.C21H24F3N5O2.C20H25F3N4O2.C12H11BrF3N3O2.C12H22N2O2/c1-15(2)32-22(34-18-8-10-19(11-9-18)35-25(26,27)28)29-21(30-32)12-20-16-6-7-17(20)14-31(13-16)23(33)36-24(3,4)5;1-13(2)29-20(30-16-5-7-17(8-6-16)31-21(22,23)24)26-19(27-29)9-18-14-3-4-15(18)11-28(10-14)12-25;1-12(2)27-19(28-15-5-7-16(8-6-15)29-20(21,22)23)25-18(26-27)9-17-13-3-4-14(17)11-24-10-13;1-7(2)19-11(17-10(13)18-19)20-8-3-5-9(6-4-8)21-12(14,15)16;1-12(2,3)16-11(15)14-6-8-4-5-9(7-14)10(8)13/h8-11,15-17,20H,6-7,12-14H2,1-5H3;5-8,13-15,18H,3-4,9-11H2,1-2H3;5-8,12-14,17,24H,3-4,9-11H2,1-2H3;3-7H,1-2H3;8-10H,4-7,13H2,1-3H3/t16-,17+,20?;14-,15+,18?;13-,14+,17?;;8-,9+,10?. The lowest BCUT2D eigenvalue weighted by Gasteiger charge is -2.38. The van der Waals surface area contributed by atoms with Crippen LogP contribution in [0.5, 0.6) is 70.0 Å². The Hall–Kier alpha value is -10.8. The second kappa shape index (κ2) is 42.4. The smallest absolute Gasteiger partial charge is 0.444 e. The molecule has 4 aromatic heterocycles.